The standard InChI is InChI=1S/C14H21NO2.H2/c1-11(2)10-12-4-6-13(7-5-12)14(16)15-8-9-17-3;/h4-7,11H,8-10H2,1-3H3,(H,15,16);1H. The Kier molecular flexibility index (Phi) is 5.70. The van der Waals surface area contributed by atoms with E-state index < -0.39 is 0 Å². The lowest BCUT2D eigenvalue weighted by atomic mass is 10.0. The Labute approximate surface area is 105 Å². The van der Waals surface area contributed by atoms with Crippen molar-refractivity contribution in [1.82, 2.24) is 5.32 Å². The molecule has 0 aliphatic heterocycles. The van der Waals surface area contributed by atoms with Gasteiger partial charge in [0.1, 0.15) is 0 Å². The predicted molar refractivity (Wildman–Crippen MR) is 71.3 cm³/mol. The summed E-state index contributed by atoms with van der Waals surface area (Å²) in [6.07, 6.45) is 1.05. The molecule has 0 aromatic heterocycles. The Hall–Kier alpha value is -1.35. The van der Waals surface area contributed by atoms with Crippen LogP contribution in [0, 0.1) is 5.92 Å². The van der Waals surface area contributed by atoms with E-state index in [0.717, 1.165) is 6.42 Å². The van der Waals surface area contributed by atoms with E-state index in [9.17, 15) is 4.79 Å². The van der Waals surface area contributed by atoms with Crippen molar-refractivity contribution >= 4 is 5.91 Å². The quantitative estimate of drug-likeness (QED) is 0.772. The number of hydrogen-bond donors (Lipinski definition) is 1. The minimum atomic E-state index is -0.0434. The molecule has 1 amide bonds. The predicted octanol–water partition coefficient (Wildman–Crippen LogP) is 2.51. The third-order valence-electron chi connectivity index (χ3n) is 2.45. The first kappa shape index (κ1) is 13.7. The molecule has 3 nitrogen and oxygen atoms in total. The monoisotopic (exact) mass is 237 g/mol. The van der Waals surface area contributed by atoms with E-state index in [1.165, 1.54) is 5.56 Å². The molecule has 0 spiro atoms. The third-order valence-corrected chi connectivity index (χ3v) is 2.45. The highest BCUT2D eigenvalue weighted by Gasteiger charge is 2.04. The molecular formula is C14H23NO2. The molecule has 1 N–H and O–H groups in total. The summed E-state index contributed by atoms with van der Waals surface area (Å²) in [6.45, 7) is 5.46. The Bertz CT molecular complexity index is 349. The average molecular weight is 237 g/mol. The molecule has 0 atom stereocenters. The number of carbonyl (C=O) groups excluding carboxylic acids is 1. The van der Waals surface area contributed by atoms with E-state index >= 15 is 0 Å². The van der Waals surface area contributed by atoms with E-state index in [1.807, 2.05) is 24.3 Å². The van der Waals surface area contributed by atoms with E-state index in [-0.39, 0.29) is 7.33 Å². The Morgan fingerprint density at radius 3 is 2.53 bits per heavy atom. The summed E-state index contributed by atoms with van der Waals surface area (Å²) in [5.41, 5.74) is 1.97. The number of amides is 1. The third kappa shape index (κ3) is 5.00. The van der Waals surface area contributed by atoms with Crippen molar-refractivity contribution in [2.45, 2.75) is 20.3 Å². The van der Waals surface area contributed by atoms with Gasteiger partial charge in [-0.15, -0.1) is 0 Å². The van der Waals surface area contributed by atoms with Crippen LogP contribution in [-0.4, -0.2) is 26.2 Å². The fourth-order valence-corrected chi connectivity index (χ4v) is 1.63. The van der Waals surface area contributed by atoms with Crippen molar-refractivity contribution in [3.05, 3.63) is 35.4 Å². The number of rotatable bonds is 6. The maximum Gasteiger partial charge on any atom is 0.251 e. The largest absolute Gasteiger partial charge is 0.383 e. The van der Waals surface area contributed by atoms with Crippen molar-refractivity contribution in [2.75, 3.05) is 20.3 Å². The Morgan fingerprint density at radius 2 is 2.00 bits per heavy atom. The molecule has 0 bridgehead atoms. The minimum Gasteiger partial charge on any atom is -0.383 e. The first-order valence-electron chi connectivity index (χ1n) is 5.99. The van der Waals surface area contributed by atoms with Crippen LogP contribution in [0.3, 0.4) is 0 Å². The van der Waals surface area contributed by atoms with Crippen LogP contribution in [0.4, 0.5) is 0 Å². The van der Waals surface area contributed by atoms with Gasteiger partial charge in [0.2, 0.25) is 0 Å². The molecule has 1 rings (SSSR count). The zero-order chi connectivity index (χ0) is 12.7. The molecule has 0 heterocycles. The van der Waals surface area contributed by atoms with Gasteiger partial charge in [0.15, 0.2) is 0 Å². The van der Waals surface area contributed by atoms with Gasteiger partial charge >= 0.3 is 0 Å². The lowest BCUT2D eigenvalue weighted by Crippen LogP contribution is -2.26. The van der Waals surface area contributed by atoms with E-state index in [2.05, 4.69) is 19.2 Å². The van der Waals surface area contributed by atoms with Gasteiger partial charge < -0.3 is 10.1 Å². The topological polar surface area (TPSA) is 38.3 Å². The summed E-state index contributed by atoms with van der Waals surface area (Å²) in [5.74, 6) is 0.592. The molecule has 0 saturated carbocycles. The highest BCUT2D eigenvalue weighted by molar-refractivity contribution is 5.94. The number of carbonyl (C=O) groups is 1. The second-order valence-electron chi connectivity index (χ2n) is 4.54. The lowest BCUT2D eigenvalue weighted by Gasteiger charge is -2.07. The Morgan fingerprint density at radius 1 is 1.35 bits per heavy atom. The van der Waals surface area contributed by atoms with Gasteiger partial charge in [-0.1, -0.05) is 26.0 Å². The average Bonchev–Trinajstić information content (AvgIpc) is 2.29. The molecule has 17 heavy (non-hydrogen) atoms. The van der Waals surface area contributed by atoms with Crippen molar-refractivity contribution < 1.29 is 11.0 Å². The molecule has 3 heteroatoms. The van der Waals surface area contributed by atoms with Gasteiger partial charge in [0.25, 0.3) is 5.91 Å². The van der Waals surface area contributed by atoms with Crippen LogP contribution in [0.15, 0.2) is 24.3 Å². The fraction of sp³-hybridized carbons (Fsp3) is 0.500. The molecular weight excluding hydrogens is 214 g/mol. The van der Waals surface area contributed by atoms with Crippen LogP contribution < -0.4 is 5.32 Å². The summed E-state index contributed by atoms with van der Waals surface area (Å²) < 4.78 is 4.88. The van der Waals surface area contributed by atoms with Crippen LogP contribution in [0.25, 0.3) is 0 Å². The van der Waals surface area contributed by atoms with E-state index in [0.29, 0.717) is 24.6 Å². The van der Waals surface area contributed by atoms with Crippen molar-refractivity contribution in [3.8, 4) is 0 Å². The maximum absolute atomic E-state index is 11.7. The van der Waals surface area contributed by atoms with Crippen molar-refractivity contribution in [3.63, 3.8) is 0 Å². The summed E-state index contributed by atoms with van der Waals surface area (Å²) in [7, 11) is 1.62. The van der Waals surface area contributed by atoms with Crippen LogP contribution in [0.1, 0.15) is 31.2 Å². The van der Waals surface area contributed by atoms with Gasteiger partial charge in [-0.3, -0.25) is 4.79 Å². The molecule has 96 valence electrons. The van der Waals surface area contributed by atoms with E-state index in [1.54, 1.807) is 7.11 Å². The van der Waals surface area contributed by atoms with Crippen LogP contribution >= 0.6 is 0 Å². The van der Waals surface area contributed by atoms with Crippen molar-refractivity contribution in [2.24, 2.45) is 5.92 Å². The zero-order valence-corrected chi connectivity index (χ0v) is 10.8. The normalized spacial score (nSPS) is 10.6. The van der Waals surface area contributed by atoms with Gasteiger partial charge in [-0.05, 0) is 30.0 Å². The first-order chi connectivity index (χ1) is 8.13. The number of hydrogen-bond acceptors (Lipinski definition) is 2. The van der Waals surface area contributed by atoms with Crippen LogP contribution in [0.5, 0.6) is 0 Å². The smallest absolute Gasteiger partial charge is 0.251 e. The first-order valence-corrected chi connectivity index (χ1v) is 5.99. The number of nitrogens with one attached hydrogen (secondary N) is 1. The van der Waals surface area contributed by atoms with Gasteiger partial charge in [-0.2, -0.15) is 0 Å². The number of methoxy groups -OCH3 is 1. The zero-order valence-electron chi connectivity index (χ0n) is 10.8. The van der Waals surface area contributed by atoms with Crippen LogP contribution in [0.2, 0.25) is 0 Å². The summed E-state index contributed by atoms with van der Waals surface area (Å²) >= 11 is 0. The summed E-state index contributed by atoms with van der Waals surface area (Å²) in [4.78, 5) is 11.7. The number of ether oxygens (including phenoxy) is 1. The van der Waals surface area contributed by atoms with Gasteiger partial charge in [-0.25, -0.2) is 0 Å². The molecule has 0 aliphatic rings. The van der Waals surface area contributed by atoms with Crippen LogP contribution in [-0.2, 0) is 11.2 Å². The maximum atomic E-state index is 11.7. The molecule has 0 radical (unpaired) electrons. The summed E-state index contributed by atoms with van der Waals surface area (Å²) in [5, 5.41) is 2.80. The number of benzene rings is 1. The highest BCUT2D eigenvalue weighted by atomic mass is 16.5. The van der Waals surface area contributed by atoms with E-state index in [4.69, 9.17) is 4.74 Å². The van der Waals surface area contributed by atoms with Gasteiger partial charge in [0, 0.05) is 20.6 Å². The fourth-order valence-electron chi connectivity index (χ4n) is 1.63. The molecule has 0 saturated heterocycles. The molecule has 1 aromatic rings. The molecule has 0 fully saturated rings. The van der Waals surface area contributed by atoms with Crippen molar-refractivity contribution in [1.29, 1.82) is 0 Å². The minimum absolute atomic E-state index is 0. The SMILES string of the molecule is COCCNC(=O)c1ccc(CC(C)C)cc1.[HH]. The second kappa shape index (κ2) is 7.07. The lowest BCUT2D eigenvalue weighted by molar-refractivity contribution is 0.0937. The Balaban J connectivity index is 0.00000289. The second-order valence-corrected chi connectivity index (χ2v) is 4.54. The molecule has 0 aliphatic carbocycles. The van der Waals surface area contributed by atoms with Gasteiger partial charge in [0.05, 0.1) is 6.61 Å². The molecule has 0 unspecified atom stereocenters. The highest BCUT2D eigenvalue weighted by Crippen LogP contribution is 2.09. The molecule has 1 aromatic carbocycles. The summed E-state index contributed by atoms with van der Waals surface area (Å²) in [6, 6.07) is 7.79.